The first-order valence-electron chi connectivity index (χ1n) is 6.39. The van der Waals surface area contributed by atoms with Crippen molar-refractivity contribution < 1.29 is 4.74 Å². The van der Waals surface area contributed by atoms with Crippen molar-refractivity contribution in [3.63, 3.8) is 0 Å². The molecular weight excluding hydrogens is 272 g/mol. The summed E-state index contributed by atoms with van der Waals surface area (Å²) >= 11 is 6.07. The van der Waals surface area contributed by atoms with Gasteiger partial charge in [0.05, 0.1) is 5.02 Å². The summed E-state index contributed by atoms with van der Waals surface area (Å²) in [5, 5.41) is 7.81. The van der Waals surface area contributed by atoms with Gasteiger partial charge < -0.3 is 10.5 Å². The Morgan fingerprint density at radius 3 is 2.45 bits per heavy atom. The third kappa shape index (κ3) is 3.31. The number of ether oxygens (including phenoxy) is 1. The van der Waals surface area contributed by atoms with Crippen molar-refractivity contribution in [3.05, 3.63) is 58.6 Å². The monoisotopic (exact) mass is 288 g/mol. The Labute approximate surface area is 123 Å². The molecule has 0 saturated carbocycles. The highest BCUT2D eigenvalue weighted by Gasteiger charge is 2.07. The Kier molecular flexibility index (Phi) is 4.30. The molecule has 0 aliphatic rings. The van der Waals surface area contributed by atoms with E-state index in [4.69, 9.17) is 27.5 Å². The minimum Gasteiger partial charge on any atom is -0.457 e. The molecule has 2 aromatic rings. The smallest absolute Gasteiger partial charge is 0.128 e. The highest BCUT2D eigenvalue weighted by Crippen LogP contribution is 2.28. The molecule has 0 radical (unpaired) electrons. The van der Waals surface area contributed by atoms with E-state index in [1.165, 1.54) is 5.56 Å². The average Bonchev–Trinajstić information content (AvgIpc) is 2.38. The van der Waals surface area contributed by atoms with E-state index in [2.05, 4.69) is 19.9 Å². The van der Waals surface area contributed by atoms with Crippen LogP contribution in [-0.4, -0.2) is 5.84 Å². The number of hydrogen-bond donors (Lipinski definition) is 2. The van der Waals surface area contributed by atoms with Crippen molar-refractivity contribution in [2.24, 2.45) is 5.73 Å². The van der Waals surface area contributed by atoms with Gasteiger partial charge >= 0.3 is 0 Å². The van der Waals surface area contributed by atoms with Gasteiger partial charge in [-0.2, -0.15) is 0 Å². The molecule has 0 fully saturated rings. The lowest BCUT2D eigenvalue weighted by molar-refractivity contribution is 0.481. The van der Waals surface area contributed by atoms with Crippen LogP contribution in [0.4, 0.5) is 0 Å². The quantitative estimate of drug-likeness (QED) is 0.641. The van der Waals surface area contributed by atoms with E-state index >= 15 is 0 Å². The van der Waals surface area contributed by atoms with Crippen molar-refractivity contribution in [2.45, 2.75) is 19.8 Å². The molecular formula is C16H17ClN2O. The molecule has 0 atom stereocenters. The molecule has 104 valence electrons. The van der Waals surface area contributed by atoms with Crippen LogP contribution in [0.25, 0.3) is 0 Å². The van der Waals surface area contributed by atoms with E-state index in [1.54, 1.807) is 18.2 Å². The standard InChI is InChI=1S/C16H17ClN2O/c1-10(2)11-4-3-5-12(8-11)20-13-6-7-14(16(18)19)15(17)9-13/h3-10H,1-2H3,(H3,18,19). The second-order valence-corrected chi connectivity index (χ2v) is 5.29. The summed E-state index contributed by atoms with van der Waals surface area (Å²) in [6.45, 7) is 4.27. The maximum Gasteiger partial charge on any atom is 0.128 e. The zero-order valence-electron chi connectivity index (χ0n) is 11.5. The second kappa shape index (κ2) is 5.97. The molecule has 0 aliphatic carbocycles. The fraction of sp³-hybridized carbons (Fsp3) is 0.188. The predicted molar refractivity (Wildman–Crippen MR) is 83.1 cm³/mol. The van der Waals surface area contributed by atoms with Crippen LogP contribution in [0.3, 0.4) is 0 Å². The zero-order valence-corrected chi connectivity index (χ0v) is 12.2. The van der Waals surface area contributed by atoms with Crippen molar-refractivity contribution in [3.8, 4) is 11.5 Å². The molecule has 4 heteroatoms. The molecule has 0 spiro atoms. The molecule has 3 nitrogen and oxygen atoms in total. The van der Waals surface area contributed by atoms with Crippen LogP contribution in [0.1, 0.15) is 30.9 Å². The highest BCUT2D eigenvalue weighted by atomic mass is 35.5. The van der Waals surface area contributed by atoms with Gasteiger partial charge in [-0.3, -0.25) is 5.41 Å². The number of hydrogen-bond acceptors (Lipinski definition) is 2. The molecule has 0 amide bonds. The number of rotatable bonds is 4. The van der Waals surface area contributed by atoms with E-state index in [0.717, 1.165) is 5.75 Å². The van der Waals surface area contributed by atoms with Gasteiger partial charge in [0.1, 0.15) is 17.3 Å². The lowest BCUT2D eigenvalue weighted by Gasteiger charge is -2.11. The molecule has 0 bridgehead atoms. The lowest BCUT2D eigenvalue weighted by atomic mass is 10.0. The maximum absolute atomic E-state index is 7.40. The topological polar surface area (TPSA) is 59.1 Å². The van der Waals surface area contributed by atoms with Gasteiger partial charge in [-0.1, -0.05) is 37.6 Å². The summed E-state index contributed by atoms with van der Waals surface area (Å²) < 4.78 is 5.79. The summed E-state index contributed by atoms with van der Waals surface area (Å²) in [7, 11) is 0. The van der Waals surface area contributed by atoms with Crippen LogP contribution < -0.4 is 10.5 Å². The Hall–Kier alpha value is -2.00. The van der Waals surface area contributed by atoms with Gasteiger partial charge in [-0.05, 0) is 35.7 Å². The van der Waals surface area contributed by atoms with Crippen LogP contribution in [-0.2, 0) is 0 Å². The molecule has 0 heterocycles. The van der Waals surface area contributed by atoms with E-state index in [0.29, 0.717) is 22.3 Å². The Balaban J connectivity index is 2.24. The minimum atomic E-state index is -0.0524. The summed E-state index contributed by atoms with van der Waals surface area (Å²) in [6.07, 6.45) is 0. The first-order valence-corrected chi connectivity index (χ1v) is 6.77. The molecule has 2 aromatic carbocycles. The molecule has 0 unspecified atom stereocenters. The summed E-state index contributed by atoms with van der Waals surface area (Å²) in [4.78, 5) is 0. The molecule has 3 N–H and O–H groups in total. The van der Waals surface area contributed by atoms with Crippen molar-refractivity contribution in [2.75, 3.05) is 0 Å². The van der Waals surface area contributed by atoms with Crippen LogP contribution >= 0.6 is 11.6 Å². The van der Waals surface area contributed by atoms with E-state index in [-0.39, 0.29) is 5.84 Å². The van der Waals surface area contributed by atoms with Gasteiger partial charge in [-0.15, -0.1) is 0 Å². The van der Waals surface area contributed by atoms with E-state index in [1.807, 2.05) is 18.2 Å². The number of halogens is 1. The molecule has 0 saturated heterocycles. The van der Waals surface area contributed by atoms with Crippen molar-refractivity contribution >= 4 is 17.4 Å². The van der Waals surface area contributed by atoms with Gasteiger partial charge in [-0.25, -0.2) is 0 Å². The number of benzene rings is 2. The van der Waals surface area contributed by atoms with Gasteiger partial charge in [0.25, 0.3) is 0 Å². The SMILES string of the molecule is CC(C)c1cccc(Oc2ccc(C(=N)N)c(Cl)c2)c1. The largest absolute Gasteiger partial charge is 0.457 e. The summed E-state index contributed by atoms with van der Waals surface area (Å²) in [6, 6.07) is 13.1. The van der Waals surface area contributed by atoms with Crippen LogP contribution in [0.5, 0.6) is 11.5 Å². The van der Waals surface area contributed by atoms with Crippen LogP contribution in [0.2, 0.25) is 5.02 Å². The van der Waals surface area contributed by atoms with E-state index < -0.39 is 0 Å². The molecule has 2 rings (SSSR count). The minimum absolute atomic E-state index is 0.0524. The van der Waals surface area contributed by atoms with E-state index in [9.17, 15) is 0 Å². The van der Waals surface area contributed by atoms with Crippen LogP contribution in [0, 0.1) is 5.41 Å². The average molecular weight is 289 g/mol. The molecule has 0 aromatic heterocycles. The number of nitrogens with one attached hydrogen (secondary N) is 1. The lowest BCUT2D eigenvalue weighted by Crippen LogP contribution is -2.11. The highest BCUT2D eigenvalue weighted by molar-refractivity contribution is 6.34. The van der Waals surface area contributed by atoms with Gasteiger partial charge in [0.2, 0.25) is 0 Å². The first kappa shape index (κ1) is 14.4. The first-order chi connectivity index (χ1) is 9.47. The number of amidine groups is 1. The predicted octanol–water partition coefficient (Wildman–Crippen LogP) is 4.54. The second-order valence-electron chi connectivity index (χ2n) is 4.88. The third-order valence-electron chi connectivity index (χ3n) is 2.99. The normalized spacial score (nSPS) is 10.6. The van der Waals surface area contributed by atoms with Crippen molar-refractivity contribution in [1.29, 1.82) is 5.41 Å². The fourth-order valence-electron chi connectivity index (χ4n) is 1.85. The van der Waals surface area contributed by atoms with Gasteiger partial charge in [0.15, 0.2) is 0 Å². The van der Waals surface area contributed by atoms with Gasteiger partial charge in [0, 0.05) is 11.6 Å². The third-order valence-corrected chi connectivity index (χ3v) is 3.30. The fourth-order valence-corrected chi connectivity index (χ4v) is 2.12. The summed E-state index contributed by atoms with van der Waals surface area (Å²) in [5.74, 6) is 1.79. The van der Waals surface area contributed by atoms with Crippen molar-refractivity contribution in [1.82, 2.24) is 0 Å². The summed E-state index contributed by atoms with van der Waals surface area (Å²) in [5.41, 5.74) is 7.15. The Bertz CT molecular complexity index is 638. The molecule has 0 aliphatic heterocycles. The van der Waals surface area contributed by atoms with Crippen LogP contribution in [0.15, 0.2) is 42.5 Å². The Morgan fingerprint density at radius 2 is 1.85 bits per heavy atom. The zero-order chi connectivity index (χ0) is 14.7. The number of nitrogen functional groups attached to an aromatic ring is 1. The molecule has 20 heavy (non-hydrogen) atoms. The number of nitrogens with two attached hydrogens (primary N) is 1. The Morgan fingerprint density at radius 1 is 1.15 bits per heavy atom. The maximum atomic E-state index is 7.40.